The van der Waals surface area contributed by atoms with Gasteiger partial charge in [0, 0.05) is 5.56 Å². The van der Waals surface area contributed by atoms with Gasteiger partial charge in [-0.05, 0) is 38.0 Å². The number of H-pyrrole nitrogens is 1. The van der Waals surface area contributed by atoms with E-state index < -0.39 is 5.69 Å². The van der Waals surface area contributed by atoms with Gasteiger partial charge in [0.2, 0.25) is 0 Å². The molecule has 1 aliphatic heterocycles. The lowest BCUT2D eigenvalue weighted by Crippen LogP contribution is -3.12. The summed E-state index contributed by atoms with van der Waals surface area (Å²) in [6, 6.07) is 16.4. The van der Waals surface area contributed by atoms with Gasteiger partial charge in [-0.1, -0.05) is 42.5 Å². The fourth-order valence-electron chi connectivity index (χ4n) is 3.90. The van der Waals surface area contributed by atoms with Crippen molar-refractivity contribution < 1.29 is 4.90 Å². The average molecular weight is 377 g/mol. The second-order valence-corrected chi connectivity index (χ2v) is 7.46. The quantitative estimate of drug-likeness (QED) is 0.650. The van der Waals surface area contributed by atoms with Crippen LogP contribution in [-0.4, -0.2) is 16.2 Å². The molecule has 1 aromatic heterocycles. The molecule has 1 unspecified atom stereocenters. The Morgan fingerprint density at radius 2 is 1.79 bits per heavy atom. The number of nitrogens with zero attached hydrogens (tertiary/aromatic N) is 1. The third-order valence-electron chi connectivity index (χ3n) is 5.82. The Kier molecular flexibility index (Phi) is 4.65. The fraction of sp³-hybridized carbons (Fsp3) is 0.273. The smallest absolute Gasteiger partial charge is 0.324 e. The minimum atomic E-state index is -0.412. The number of nitrogens with one attached hydrogen (secondary N) is 3. The average Bonchev–Trinajstić information content (AvgIpc) is 2.71. The molecule has 1 aliphatic rings. The molecule has 2 aromatic carbocycles. The number of hydrogen-bond acceptors (Lipinski definition) is 3. The maximum Gasteiger partial charge on any atom is 0.334 e. The van der Waals surface area contributed by atoms with Crippen molar-refractivity contribution in [2.24, 2.45) is 0 Å². The van der Waals surface area contributed by atoms with Crippen molar-refractivity contribution in [2.45, 2.75) is 33.4 Å². The van der Waals surface area contributed by atoms with Gasteiger partial charge in [-0.2, -0.15) is 0 Å². The van der Waals surface area contributed by atoms with Crippen LogP contribution in [0.25, 0.3) is 5.69 Å². The molecule has 4 rings (SSSR count). The minimum Gasteiger partial charge on any atom is -0.324 e. The molecule has 6 nitrogen and oxygen atoms in total. The number of aromatic amines is 1. The van der Waals surface area contributed by atoms with Crippen molar-refractivity contribution >= 4 is 5.82 Å². The Bertz CT molecular complexity index is 1130. The van der Waals surface area contributed by atoms with Crippen LogP contribution in [-0.2, 0) is 6.54 Å². The zero-order chi connectivity index (χ0) is 19.8. The van der Waals surface area contributed by atoms with Crippen LogP contribution in [0.4, 0.5) is 5.82 Å². The molecule has 3 aromatic rings. The normalized spacial score (nSPS) is 16.9. The lowest BCUT2D eigenvalue weighted by atomic mass is 10.1. The Labute approximate surface area is 163 Å². The first-order chi connectivity index (χ1) is 13.5. The lowest BCUT2D eigenvalue weighted by molar-refractivity contribution is -0.941. The molecular formula is C22H25N4O2+. The van der Waals surface area contributed by atoms with Crippen molar-refractivity contribution in [1.29, 1.82) is 0 Å². The highest BCUT2D eigenvalue weighted by Gasteiger charge is 2.30. The van der Waals surface area contributed by atoms with Gasteiger partial charge in [0.15, 0.2) is 6.67 Å². The van der Waals surface area contributed by atoms with Crippen LogP contribution in [0.5, 0.6) is 0 Å². The summed E-state index contributed by atoms with van der Waals surface area (Å²) in [7, 11) is 0. The molecule has 0 saturated heterocycles. The fourth-order valence-corrected chi connectivity index (χ4v) is 3.90. The Morgan fingerprint density at radius 3 is 2.54 bits per heavy atom. The Morgan fingerprint density at radius 1 is 1.04 bits per heavy atom. The molecule has 2 atom stereocenters. The SMILES string of the molecule is Cc1cccc(-n2c3c(c(=O)[nH]c2=O)C[NH+]([C@@H](C)c2ccccc2)CN3)c1C. The van der Waals surface area contributed by atoms with E-state index in [1.54, 1.807) is 4.57 Å². The van der Waals surface area contributed by atoms with Crippen molar-refractivity contribution in [1.82, 2.24) is 9.55 Å². The van der Waals surface area contributed by atoms with Gasteiger partial charge in [-0.25, -0.2) is 9.36 Å². The first kappa shape index (κ1) is 18.3. The van der Waals surface area contributed by atoms with Gasteiger partial charge in [-0.15, -0.1) is 0 Å². The predicted octanol–water partition coefficient (Wildman–Crippen LogP) is 1.67. The van der Waals surface area contributed by atoms with Crippen LogP contribution in [0.3, 0.4) is 0 Å². The maximum absolute atomic E-state index is 12.7. The molecule has 28 heavy (non-hydrogen) atoms. The molecule has 0 fully saturated rings. The van der Waals surface area contributed by atoms with Crippen molar-refractivity contribution in [3.63, 3.8) is 0 Å². The van der Waals surface area contributed by atoms with Crippen molar-refractivity contribution in [3.8, 4) is 5.69 Å². The zero-order valence-electron chi connectivity index (χ0n) is 16.4. The second kappa shape index (κ2) is 7.13. The molecule has 0 spiro atoms. The summed E-state index contributed by atoms with van der Waals surface area (Å²) in [4.78, 5) is 29.0. The first-order valence-electron chi connectivity index (χ1n) is 9.55. The van der Waals surface area contributed by atoms with Gasteiger partial charge in [0.05, 0.1) is 5.69 Å². The lowest BCUT2D eigenvalue weighted by Gasteiger charge is -2.32. The number of aryl methyl sites for hydroxylation is 1. The Balaban J connectivity index is 1.79. The van der Waals surface area contributed by atoms with E-state index >= 15 is 0 Å². The standard InChI is InChI=1S/C22H24N4O2/c1-14-8-7-11-19(15(14)2)26-20-18(21(27)24-22(26)28)12-25(13-23-20)16(3)17-9-5-4-6-10-17/h4-11,16,23H,12-13H2,1-3H3,(H,24,27,28)/p+1/t16-/m0/s1. The summed E-state index contributed by atoms with van der Waals surface area (Å²) in [6.07, 6.45) is 0. The van der Waals surface area contributed by atoms with E-state index in [0.717, 1.165) is 16.8 Å². The van der Waals surface area contributed by atoms with Gasteiger partial charge >= 0.3 is 5.69 Å². The summed E-state index contributed by atoms with van der Waals surface area (Å²) in [5, 5.41) is 3.36. The molecule has 144 valence electrons. The van der Waals surface area contributed by atoms with Gasteiger partial charge in [-0.3, -0.25) is 9.78 Å². The van der Waals surface area contributed by atoms with E-state index in [0.29, 0.717) is 24.6 Å². The van der Waals surface area contributed by atoms with Crippen LogP contribution < -0.4 is 21.5 Å². The summed E-state index contributed by atoms with van der Waals surface area (Å²) in [6.45, 7) is 7.36. The van der Waals surface area contributed by atoms with Gasteiger partial charge in [0.1, 0.15) is 24.0 Å². The zero-order valence-corrected chi connectivity index (χ0v) is 16.4. The summed E-state index contributed by atoms with van der Waals surface area (Å²) in [5.74, 6) is 0.603. The number of benzene rings is 2. The van der Waals surface area contributed by atoms with Crippen LogP contribution in [0.1, 0.15) is 35.2 Å². The highest BCUT2D eigenvalue weighted by atomic mass is 16.2. The third-order valence-corrected chi connectivity index (χ3v) is 5.82. The molecule has 0 aliphatic carbocycles. The highest BCUT2D eigenvalue weighted by Crippen LogP contribution is 2.22. The van der Waals surface area contributed by atoms with Crippen molar-refractivity contribution in [3.05, 3.63) is 91.6 Å². The van der Waals surface area contributed by atoms with E-state index in [1.807, 2.05) is 50.2 Å². The Hall–Kier alpha value is -3.12. The molecule has 0 amide bonds. The molecule has 2 heterocycles. The van der Waals surface area contributed by atoms with E-state index in [2.05, 4.69) is 29.4 Å². The van der Waals surface area contributed by atoms with Gasteiger partial charge < -0.3 is 10.2 Å². The number of rotatable bonds is 3. The van der Waals surface area contributed by atoms with Gasteiger partial charge in [0.25, 0.3) is 5.56 Å². The van der Waals surface area contributed by atoms with E-state index in [4.69, 9.17) is 0 Å². The number of aromatic nitrogens is 2. The highest BCUT2D eigenvalue weighted by molar-refractivity contribution is 5.54. The second-order valence-electron chi connectivity index (χ2n) is 7.46. The predicted molar refractivity (Wildman–Crippen MR) is 110 cm³/mol. The van der Waals surface area contributed by atoms with E-state index in [1.165, 1.54) is 10.5 Å². The monoisotopic (exact) mass is 377 g/mol. The van der Waals surface area contributed by atoms with Crippen LogP contribution in [0.15, 0.2) is 58.1 Å². The van der Waals surface area contributed by atoms with Crippen LogP contribution >= 0.6 is 0 Å². The van der Waals surface area contributed by atoms with Crippen LogP contribution in [0, 0.1) is 13.8 Å². The van der Waals surface area contributed by atoms with Crippen molar-refractivity contribution in [2.75, 3.05) is 12.0 Å². The minimum absolute atomic E-state index is 0.224. The number of quaternary nitrogens is 1. The number of fused-ring (bicyclic) bond motifs is 1. The molecule has 0 radical (unpaired) electrons. The summed E-state index contributed by atoms with van der Waals surface area (Å²) in [5.41, 5.74) is 4.03. The summed E-state index contributed by atoms with van der Waals surface area (Å²) < 4.78 is 1.60. The van der Waals surface area contributed by atoms with Crippen LogP contribution in [0.2, 0.25) is 0 Å². The van der Waals surface area contributed by atoms with E-state index in [-0.39, 0.29) is 11.6 Å². The number of hydrogen-bond donors (Lipinski definition) is 3. The van der Waals surface area contributed by atoms with E-state index in [9.17, 15) is 9.59 Å². The largest absolute Gasteiger partial charge is 0.334 e. The molecule has 6 heteroatoms. The molecular weight excluding hydrogens is 352 g/mol. The molecule has 0 bridgehead atoms. The topological polar surface area (TPSA) is 71.3 Å². The summed E-state index contributed by atoms with van der Waals surface area (Å²) >= 11 is 0. The molecule has 3 N–H and O–H groups in total. The number of anilines is 1. The maximum atomic E-state index is 12.7. The third kappa shape index (κ3) is 3.05. The molecule has 0 saturated carbocycles. The first-order valence-corrected chi connectivity index (χ1v) is 9.55.